The molecule has 0 saturated carbocycles. The molecular weight excluding hydrogens is 176 g/mol. The van der Waals surface area contributed by atoms with Crippen LogP contribution in [0.15, 0.2) is 23.1 Å². The van der Waals surface area contributed by atoms with Crippen LogP contribution in [0.25, 0.3) is 0 Å². The predicted octanol–water partition coefficient (Wildman–Crippen LogP) is 1.31. The van der Waals surface area contributed by atoms with Crippen LogP contribution in [-0.4, -0.2) is 16.2 Å². The van der Waals surface area contributed by atoms with Crippen molar-refractivity contribution in [1.29, 1.82) is 0 Å². The molecule has 0 saturated heterocycles. The molecule has 12 heavy (non-hydrogen) atoms. The maximum atomic E-state index is 10.3. The molecule has 4 heteroatoms. The van der Waals surface area contributed by atoms with Gasteiger partial charge in [-0.2, -0.15) is 0 Å². The Bertz CT molecular complexity index is 309. The Morgan fingerprint density at radius 3 is 2.67 bits per heavy atom. The van der Waals surface area contributed by atoms with E-state index >= 15 is 0 Å². The van der Waals surface area contributed by atoms with E-state index in [0.717, 1.165) is 0 Å². The molecular formula is C8H8O3S. The Morgan fingerprint density at radius 2 is 2.17 bits per heavy atom. The van der Waals surface area contributed by atoms with Crippen molar-refractivity contribution in [2.45, 2.75) is 11.3 Å². The fourth-order valence-electron chi connectivity index (χ4n) is 0.854. The standard InChI is InChI=1S/C8H8O3S/c9-6-3-5(4-8(10)11)1-2-7(6)12/h1-3,9,12H,4H2,(H,10,11). The summed E-state index contributed by atoms with van der Waals surface area (Å²) in [6.45, 7) is 0. The van der Waals surface area contributed by atoms with Crippen molar-refractivity contribution in [2.75, 3.05) is 0 Å². The first-order chi connectivity index (χ1) is 5.59. The van der Waals surface area contributed by atoms with E-state index in [1.807, 2.05) is 0 Å². The summed E-state index contributed by atoms with van der Waals surface area (Å²) in [6.07, 6.45) is -0.0817. The zero-order chi connectivity index (χ0) is 9.14. The minimum Gasteiger partial charge on any atom is -0.507 e. The van der Waals surface area contributed by atoms with E-state index in [1.165, 1.54) is 6.07 Å². The van der Waals surface area contributed by atoms with E-state index in [1.54, 1.807) is 12.1 Å². The lowest BCUT2D eigenvalue weighted by Crippen LogP contribution is -1.99. The molecule has 0 aliphatic heterocycles. The molecule has 0 aliphatic carbocycles. The summed E-state index contributed by atoms with van der Waals surface area (Å²) in [4.78, 5) is 10.7. The number of benzene rings is 1. The summed E-state index contributed by atoms with van der Waals surface area (Å²) in [5, 5.41) is 17.6. The number of carboxylic acids is 1. The van der Waals surface area contributed by atoms with Crippen LogP contribution in [0.4, 0.5) is 0 Å². The molecule has 0 radical (unpaired) electrons. The molecule has 0 unspecified atom stereocenters. The largest absolute Gasteiger partial charge is 0.507 e. The van der Waals surface area contributed by atoms with Crippen molar-refractivity contribution in [3.05, 3.63) is 23.8 Å². The van der Waals surface area contributed by atoms with Gasteiger partial charge in [0.25, 0.3) is 0 Å². The Hall–Kier alpha value is -1.16. The van der Waals surface area contributed by atoms with Crippen LogP contribution in [0, 0.1) is 0 Å². The number of hydrogen-bond acceptors (Lipinski definition) is 3. The quantitative estimate of drug-likeness (QED) is 0.607. The van der Waals surface area contributed by atoms with Gasteiger partial charge in [-0.05, 0) is 17.7 Å². The summed E-state index contributed by atoms with van der Waals surface area (Å²) in [5.74, 6) is -0.904. The molecule has 0 heterocycles. The average molecular weight is 184 g/mol. The van der Waals surface area contributed by atoms with Crippen LogP contribution in [-0.2, 0) is 11.2 Å². The van der Waals surface area contributed by atoms with Gasteiger partial charge in [0, 0.05) is 4.90 Å². The van der Waals surface area contributed by atoms with Gasteiger partial charge in [0.2, 0.25) is 0 Å². The summed E-state index contributed by atoms with van der Waals surface area (Å²) < 4.78 is 0. The van der Waals surface area contributed by atoms with Gasteiger partial charge in [-0.15, -0.1) is 12.6 Å². The highest BCUT2D eigenvalue weighted by molar-refractivity contribution is 7.80. The van der Waals surface area contributed by atoms with Crippen LogP contribution in [0.5, 0.6) is 5.75 Å². The smallest absolute Gasteiger partial charge is 0.307 e. The average Bonchev–Trinajstić information content (AvgIpc) is 1.96. The molecule has 1 aromatic carbocycles. The van der Waals surface area contributed by atoms with Crippen molar-refractivity contribution < 1.29 is 15.0 Å². The summed E-state index contributed by atoms with van der Waals surface area (Å²) in [5.41, 5.74) is 0.567. The molecule has 1 aromatic rings. The van der Waals surface area contributed by atoms with E-state index in [9.17, 15) is 4.79 Å². The zero-order valence-electron chi connectivity index (χ0n) is 6.19. The number of phenols is 1. The fraction of sp³-hybridized carbons (Fsp3) is 0.125. The number of hydrogen-bond donors (Lipinski definition) is 3. The SMILES string of the molecule is O=C(O)Cc1ccc(S)c(O)c1. The highest BCUT2D eigenvalue weighted by Gasteiger charge is 2.02. The monoisotopic (exact) mass is 184 g/mol. The molecule has 0 bridgehead atoms. The Morgan fingerprint density at radius 1 is 1.50 bits per heavy atom. The molecule has 0 amide bonds. The molecule has 0 aliphatic rings. The van der Waals surface area contributed by atoms with Gasteiger partial charge < -0.3 is 10.2 Å². The van der Waals surface area contributed by atoms with Crippen molar-refractivity contribution in [1.82, 2.24) is 0 Å². The fourth-order valence-corrected chi connectivity index (χ4v) is 0.993. The van der Waals surface area contributed by atoms with Gasteiger partial charge >= 0.3 is 5.97 Å². The minimum atomic E-state index is -0.915. The van der Waals surface area contributed by atoms with Crippen molar-refractivity contribution in [3.8, 4) is 5.75 Å². The van der Waals surface area contributed by atoms with Crippen molar-refractivity contribution >= 4 is 18.6 Å². The molecule has 64 valence electrons. The minimum absolute atomic E-state index is 0.0112. The van der Waals surface area contributed by atoms with Crippen LogP contribution in [0.3, 0.4) is 0 Å². The second-order valence-corrected chi connectivity index (χ2v) is 2.88. The number of carboxylic acid groups (broad SMARTS) is 1. The summed E-state index contributed by atoms with van der Waals surface area (Å²) >= 11 is 3.94. The maximum Gasteiger partial charge on any atom is 0.307 e. The number of thiol groups is 1. The third kappa shape index (κ3) is 2.17. The van der Waals surface area contributed by atoms with Crippen molar-refractivity contribution in [2.24, 2.45) is 0 Å². The first kappa shape index (κ1) is 8.93. The summed E-state index contributed by atoms with van der Waals surface area (Å²) in [6, 6.07) is 4.59. The Labute approximate surface area is 75.1 Å². The van der Waals surface area contributed by atoms with Gasteiger partial charge in [0.15, 0.2) is 0 Å². The lowest BCUT2D eigenvalue weighted by atomic mass is 10.1. The number of carbonyl (C=O) groups is 1. The number of phenolic OH excluding ortho intramolecular Hbond substituents is 1. The lowest BCUT2D eigenvalue weighted by molar-refractivity contribution is -0.136. The van der Waals surface area contributed by atoms with Gasteiger partial charge in [0.05, 0.1) is 6.42 Å². The third-order valence-electron chi connectivity index (χ3n) is 1.40. The van der Waals surface area contributed by atoms with E-state index < -0.39 is 5.97 Å². The molecule has 0 aromatic heterocycles. The number of aromatic hydroxyl groups is 1. The van der Waals surface area contributed by atoms with E-state index in [-0.39, 0.29) is 12.2 Å². The van der Waals surface area contributed by atoms with E-state index in [2.05, 4.69) is 12.6 Å². The number of rotatable bonds is 2. The zero-order valence-corrected chi connectivity index (χ0v) is 7.08. The highest BCUT2D eigenvalue weighted by atomic mass is 32.1. The second kappa shape index (κ2) is 3.49. The number of aliphatic carboxylic acids is 1. The third-order valence-corrected chi connectivity index (χ3v) is 1.77. The van der Waals surface area contributed by atoms with Crippen LogP contribution in [0.1, 0.15) is 5.56 Å². The molecule has 1 rings (SSSR count). The van der Waals surface area contributed by atoms with Crippen LogP contribution in [0.2, 0.25) is 0 Å². The van der Waals surface area contributed by atoms with Crippen LogP contribution >= 0.6 is 12.6 Å². The predicted molar refractivity (Wildman–Crippen MR) is 46.7 cm³/mol. The summed E-state index contributed by atoms with van der Waals surface area (Å²) in [7, 11) is 0. The molecule has 0 atom stereocenters. The first-order valence-corrected chi connectivity index (χ1v) is 3.77. The lowest BCUT2D eigenvalue weighted by Gasteiger charge is -2.00. The maximum absolute atomic E-state index is 10.3. The first-order valence-electron chi connectivity index (χ1n) is 3.32. The van der Waals surface area contributed by atoms with Crippen LogP contribution < -0.4 is 0 Å². The van der Waals surface area contributed by atoms with E-state index in [0.29, 0.717) is 10.5 Å². The second-order valence-electron chi connectivity index (χ2n) is 2.39. The highest BCUT2D eigenvalue weighted by Crippen LogP contribution is 2.21. The van der Waals surface area contributed by atoms with Gasteiger partial charge in [-0.25, -0.2) is 0 Å². The topological polar surface area (TPSA) is 57.5 Å². The molecule has 3 nitrogen and oxygen atoms in total. The van der Waals surface area contributed by atoms with E-state index in [4.69, 9.17) is 10.2 Å². The molecule has 2 N–H and O–H groups in total. The molecule has 0 spiro atoms. The Kier molecular flexibility index (Phi) is 2.60. The van der Waals surface area contributed by atoms with Gasteiger partial charge in [0.1, 0.15) is 5.75 Å². The van der Waals surface area contributed by atoms with Crippen molar-refractivity contribution in [3.63, 3.8) is 0 Å². The normalized spacial score (nSPS) is 9.75. The van der Waals surface area contributed by atoms with Gasteiger partial charge in [-0.3, -0.25) is 4.79 Å². The Balaban J connectivity index is 2.89. The molecule has 0 fully saturated rings. The van der Waals surface area contributed by atoms with Gasteiger partial charge in [-0.1, -0.05) is 6.07 Å².